The summed E-state index contributed by atoms with van der Waals surface area (Å²) in [6, 6.07) is 6.94. The SMILES string of the molecule is COc1ccc(C#N)cc1Cn1cc(Cl)c([N+](=O)[O-])n1. The van der Waals surface area contributed by atoms with Crippen molar-refractivity contribution in [3.63, 3.8) is 0 Å². The van der Waals surface area contributed by atoms with Gasteiger partial charge in [-0.1, -0.05) is 11.6 Å². The molecule has 8 heteroatoms. The van der Waals surface area contributed by atoms with Crippen molar-refractivity contribution in [2.75, 3.05) is 7.11 Å². The molecule has 0 aliphatic heterocycles. The lowest BCUT2D eigenvalue weighted by atomic mass is 10.1. The Kier molecular flexibility index (Phi) is 3.86. The van der Waals surface area contributed by atoms with Crippen LogP contribution in [0.1, 0.15) is 11.1 Å². The highest BCUT2D eigenvalue weighted by molar-refractivity contribution is 6.32. The fraction of sp³-hybridized carbons (Fsp3) is 0.167. The van der Waals surface area contributed by atoms with Gasteiger partial charge in [0.05, 0.1) is 36.6 Å². The van der Waals surface area contributed by atoms with Crippen LogP contribution in [0.15, 0.2) is 24.4 Å². The van der Waals surface area contributed by atoms with Crippen molar-refractivity contribution in [3.05, 3.63) is 50.7 Å². The lowest BCUT2D eigenvalue weighted by molar-refractivity contribution is -0.389. The number of benzene rings is 1. The van der Waals surface area contributed by atoms with Gasteiger partial charge in [-0.2, -0.15) is 9.94 Å². The van der Waals surface area contributed by atoms with Crippen molar-refractivity contribution in [2.45, 2.75) is 6.54 Å². The van der Waals surface area contributed by atoms with Crippen molar-refractivity contribution in [2.24, 2.45) is 0 Å². The fourth-order valence-corrected chi connectivity index (χ4v) is 1.96. The fourth-order valence-electron chi connectivity index (χ4n) is 1.74. The zero-order valence-electron chi connectivity index (χ0n) is 10.4. The molecule has 1 heterocycles. The molecule has 0 atom stereocenters. The van der Waals surface area contributed by atoms with Gasteiger partial charge in [-0.3, -0.25) is 0 Å². The summed E-state index contributed by atoms with van der Waals surface area (Å²) < 4.78 is 6.52. The van der Waals surface area contributed by atoms with E-state index in [0.717, 1.165) is 0 Å². The number of rotatable bonds is 4. The monoisotopic (exact) mass is 292 g/mol. The smallest absolute Gasteiger partial charge is 0.408 e. The van der Waals surface area contributed by atoms with Gasteiger partial charge in [0, 0.05) is 5.56 Å². The molecular weight excluding hydrogens is 284 g/mol. The number of methoxy groups -OCH3 is 1. The number of ether oxygens (including phenoxy) is 1. The van der Waals surface area contributed by atoms with Crippen LogP contribution in [0.5, 0.6) is 5.75 Å². The molecule has 0 amide bonds. The van der Waals surface area contributed by atoms with Crippen LogP contribution in [0.25, 0.3) is 0 Å². The van der Waals surface area contributed by atoms with E-state index in [1.54, 1.807) is 18.2 Å². The summed E-state index contributed by atoms with van der Waals surface area (Å²) >= 11 is 5.73. The van der Waals surface area contributed by atoms with Gasteiger partial charge < -0.3 is 14.9 Å². The number of nitro groups is 1. The van der Waals surface area contributed by atoms with Crippen LogP contribution in [0.3, 0.4) is 0 Å². The predicted molar refractivity (Wildman–Crippen MR) is 70.7 cm³/mol. The summed E-state index contributed by atoms with van der Waals surface area (Å²) in [6.07, 6.45) is 1.36. The van der Waals surface area contributed by atoms with Crippen LogP contribution >= 0.6 is 11.6 Å². The van der Waals surface area contributed by atoms with Gasteiger partial charge in [-0.15, -0.1) is 0 Å². The quantitative estimate of drug-likeness (QED) is 0.637. The first-order valence-corrected chi connectivity index (χ1v) is 5.87. The van der Waals surface area contributed by atoms with Crippen LogP contribution in [-0.4, -0.2) is 21.8 Å². The Morgan fingerprint density at radius 2 is 2.35 bits per heavy atom. The summed E-state index contributed by atoms with van der Waals surface area (Å²) in [5.74, 6) is 0.167. The second kappa shape index (κ2) is 5.59. The van der Waals surface area contributed by atoms with Crippen LogP contribution in [0, 0.1) is 21.4 Å². The maximum atomic E-state index is 10.7. The molecular formula is C12H9ClN4O3. The second-order valence-corrected chi connectivity index (χ2v) is 4.30. The highest BCUT2D eigenvalue weighted by Crippen LogP contribution is 2.24. The van der Waals surface area contributed by atoms with E-state index in [1.807, 2.05) is 6.07 Å². The lowest BCUT2D eigenvalue weighted by Gasteiger charge is -2.07. The average molecular weight is 293 g/mol. The highest BCUT2D eigenvalue weighted by atomic mass is 35.5. The first kappa shape index (κ1) is 13.8. The summed E-state index contributed by atoms with van der Waals surface area (Å²) in [5, 5.41) is 23.3. The Morgan fingerprint density at radius 1 is 1.60 bits per heavy atom. The lowest BCUT2D eigenvalue weighted by Crippen LogP contribution is -2.03. The third kappa shape index (κ3) is 2.70. The summed E-state index contributed by atoms with van der Waals surface area (Å²) in [6.45, 7) is 0.215. The third-order valence-electron chi connectivity index (χ3n) is 2.61. The number of nitrogens with zero attached hydrogens (tertiary/aromatic N) is 4. The van der Waals surface area contributed by atoms with Gasteiger partial charge in [0.1, 0.15) is 5.75 Å². The van der Waals surface area contributed by atoms with Crippen molar-refractivity contribution in [1.82, 2.24) is 9.78 Å². The normalized spacial score (nSPS) is 10.1. The predicted octanol–water partition coefficient (Wildman–Crippen LogP) is 2.37. The van der Waals surface area contributed by atoms with Crippen LogP contribution in [-0.2, 0) is 6.54 Å². The molecule has 0 aliphatic rings. The van der Waals surface area contributed by atoms with Crippen LogP contribution in [0.2, 0.25) is 5.02 Å². The molecule has 1 aromatic carbocycles. The summed E-state index contributed by atoms with van der Waals surface area (Å²) in [5.41, 5.74) is 1.15. The maximum Gasteiger partial charge on any atom is 0.408 e. The molecule has 0 N–H and O–H groups in total. The molecule has 0 bridgehead atoms. The molecule has 0 fully saturated rings. The zero-order chi connectivity index (χ0) is 14.7. The molecule has 20 heavy (non-hydrogen) atoms. The Labute approximate surface area is 119 Å². The van der Waals surface area contributed by atoms with Gasteiger partial charge in [0.2, 0.25) is 0 Å². The van der Waals surface area contributed by atoms with Gasteiger partial charge in [0.25, 0.3) is 0 Å². The minimum atomic E-state index is -0.651. The molecule has 102 valence electrons. The van der Waals surface area contributed by atoms with E-state index < -0.39 is 10.7 Å². The minimum Gasteiger partial charge on any atom is -0.496 e. The molecule has 0 radical (unpaired) electrons. The number of aromatic nitrogens is 2. The van der Waals surface area contributed by atoms with E-state index in [9.17, 15) is 10.1 Å². The molecule has 0 aliphatic carbocycles. The second-order valence-electron chi connectivity index (χ2n) is 3.89. The summed E-state index contributed by atoms with van der Waals surface area (Å²) in [7, 11) is 1.50. The van der Waals surface area contributed by atoms with Crippen molar-refractivity contribution < 1.29 is 9.66 Å². The molecule has 0 unspecified atom stereocenters. The standard InChI is InChI=1S/C12H9ClN4O3/c1-20-11-3-2-8(5-14)4-9(11)6-16-7-10(13)12(15-16)17(18)19/h2-4,7H,6H2,1H3. The number of halogens is 1. The number of hydrogen-bond acceptors (Lipinski definition) is 5. The molecule has 2 rings (SSSR count). The Balaban J connectivity index is 2.36. The zero-order valence-corrected chi connectivity index (χ0v) is 11.2. The maximum absolute atomic E-state index is 10.7. The van der Waals surface area contributed by atoms with Gasteiger partial charge in [-0.05, 0) is 23.1 Å². The van der Waals surface area contributed by atoms with Crippen molar-refractivity contribution >= 4 is 17.4 Å². The van der Waals surface area contributed by atoms with E-state index >= 15 is 0 Å². The van der Waals surface area contributed by atoms with Gasteiger partial charge >= 0.3 is 5.82 Å². The Hall–Kier alpha value is -2.59. The first-order valence-electron chi connectivity index (χ1n) is 5.49. The van der Waals surface area contributed by atoms with E-state index in [2.05, 4.69) is 5.10 Å². The summed E-state index contributed by atoms with van der Waals surface area (Å²) in [4.78, 5) is 10.0. The van der Waals surface area contributed by atoms with E-state index in [1.165, 1.54) is 18.0 Å². The molecule has 1 aromatic heterocycles. The number of nitriles is 1. The minimum absolute atomic E-state index is 0.0367. The van der Waals surface area contributed by atoms with Crippen molar-refractivity contribution in [1.29, 1.82) is 5.26 Å². The van der Waals surface area contributed by atoms with Gasteiger partial charge in [-0.25, -0.2) is 0 Å². The topological polar surface area (TPSA) is 94.0 Å². The van der Waals surface area contributed by atoms with Crippen molar-refractivity contribution in [3.8, 4) is 11.8 Å². The van der Waals surface area contributed by atoms with E-state index in [0.29, 0.717) is 16.9 Å². The first-order chi connectivity index (χ1) is 9.55. The van der Waals surface area contributed by atoms with Crippen LogP contribution < -0.4 is 4.74 Å². The van der Waals surface area contributed by atoms with Crippen LogP contribution in [0.4, 0.5) is 5.82 Å². The number of hydrogen-bond donors (Lipinski definition) is 0. The highest BCUT2D eigenvalue weighted by Gasteiger charge is 2.19. The molecule has 2 aromatic rings. The third-order valence-corrected chi connectivity index (χ3v) is 2.88. The molecule has 7 nitrogen and oxygen atoms in total. The molecule has 0 spiro atoms. The molecule has 0 saturated heterocycles. The average Bonchev–Trinajstić information content (AvgIpc) is 2.79. The Bertz CT molecular complexity index is 705. The molecule has 0 saturated carbocycles. The van der Waals surface area contributed by atoms with E-state index in [-0.39, 0.29) is 11.6 Å². The largest absolute Gasteiger partial charge is 0.496 e. The van der Waals surface area contributed by atoms with E-state index in [4.69, 9.17) is 21.6 Å². The Morgan fingerprint density at radius 3 is 2.90 bits per heavy atom. The van der Waals surface area contributed by atoms with Gasteiger partial charge in [0.15, 0.2) is 5.02 Å².